The van der Waals surface area contributed by atoms with E-state index in [2.05, 4.69) is 31.9 Å². The zero-order valence-corrected chi connectivity index (χ0v) is 18.9. The lowest BCUT2D eigenvalue weighted by atomic mass is 9.93. The Hall–Kier alpha value is -2.74. The van der Waals surface area contributed by atoms with Crippen LogP contribution in [-0.4, -0.2) is 70.2 Å². The third kappa shape index (κ3) is 4.67. The highest BCUT2D eigenvalue weighted by molar-refractivity contribution is 5.85. The summed E-state index contributed by atoms with van der Waals surface area (Å²) in [7, 11) is 0. The highest BCUT2D eigenvalue weighted by atomic mass is 19.1. The van der Waals surface area contributed by atoms with Crippen molar-refractivity contribution in [3.63, 3.8) is 0 Å². The summed E-state index contributed by atoms with van der Waals surface area (Å²) in [6, 6.07) is 4.80. The fourth-order valence-corrected chi connectivity index (χ4v) is 5.30. The topological polar surface area (TPSA) is 53.4 Å². The number of piperidine rings is 1. The fourth-order valence-electron chi connectivity index (χ4n) is 5.30. The maximum atomic E-state index is 15.9. The number of hydrogen-bond acceptors (Lipinski definition) is 4. The Labute approximate surface area is 192 Å². The minimum absolute atomic E-state index is 0.176. The maximum absolute atomic E-state index is 15.9. The van der Waals surface area contributed by atoms with Gasteiger partial charge < -0.3 is 14.8 Å². The van der Waals surface area contributed by atoms with Gasteiger partial charge in [0.25, 0.3) is 5.91 Å². The van der Waals surface area contributed by atoms with E-state index in [9.17, 15) is 9.18 Å². The number of nitrogens with zero attached hydrogens (tertiary/aromatic N) is 4. The molecule has 1 unspecified atom stereocenters. The lowest BCUT2D eigenvalue weighted by Crippen LogP contribution is -2.49. The van der Waals surface area contributed by atoms with Crippen LogP contribution in [0.1, 0.15) is 38.1 Å². The predicted octanol–water partition coefficient (Wildman–Crippen LogP) is 3.58. The number of fused-ring (bicyclic) bond motifs is 1. The van der Waals surface area contributed by atoms with Gasteiger partial charge in [0.15, 0.2) is 5.67 Å². The second-order valence-electron chi connectivity index (χ2n) is 9.40. The molecule has 5 rings (SSSR count). The van der Waals surface area contributed by atoms with Gasteiger partial charge in [-0.1, -0.05) is 12.2 Å². The van der Waals surface area contributed by atoms with Gasteiger partial charge in [0.1, 0.15) is 5.82 Å². The number of allylic oxidation sites excluding steroid dienone is 2. The predicted molar refractivity (Wildman–Crippen MR) is 124 cm³/mol. The molecule has 0 spiro atoms. The summed E-state index contributed by atoms with van der Waals surface area (Å²) in [6.45, 7) is 4.04. The largest absolute Gasteiger partial charge is 0.384 e. The molecule has 2 fully saturated rings. The number of benzene rings is 1. The number of nitrogens with one attached hydrogen (secondary N) is 1. The molecule has 1 amide bonds. The van der Waals surface area contributed by atoms with Crippen molar-refractivity contribution in [2.75, 3.05) is 39.3 Å². The molecule has 0 radical (unpaired) electrons. The molecule has 2 aromatic rings. The van der Waals surface area contributed by atoms with Crippen LogP contribution in [0.25, 0.3) is 11.0 Å². The molecular weight excluding hydrogens is 424 g/mol. The first-order valence-electron chi connectivity index (χ1n) is 11.9. The van der Waals surface area contributed by atoms with Gasteiger partial charge in [0.05, 0.1) is 17.4 Å². The van der Waals surface area contributed by atoms with E-state index < -0.39 is 5.67 Å². The molecule has 8 heteroatoms. The minimum Gasteiger partial charge on any atom is -0.384 e. The molecule has 0 saturated carbocycles. The van der Waals surface area contributed by atoms with Gasteiger partial charge in [-0.25, -0.2) is 13.8 Å². The molecule has 33 heavy (non-hydrogen) atoms. The number of amides is 1. The number of rotatable bonds is 4. The molecule has 2 saturated heterocycles. The first kappa shape index (κ1) is 22.1. The van der Waals surface area contributed by atoms with Crippen molar-refractivity contribution in [1.29, 1.82) is 0 Å². The highest BCUT2D eigenvalue weighted by Gasteiger charge is 2.43. The van der Waals surface area contributed by atoms with E-state index in [1.807, 2.05) is 6.08 Å². The van der Waals surface area contributed by atoms with Crippen molar-refractivity contribution < 1.29 is 13.6 Å². The lowest BCUT2D eigenvalue weighted by Gasteiger charge is -2.36. The minimum atomic E-state index is -1.78. The molecule has 4 heterocycles. The molecule has 6 nitrogen and oxygen atoms in total. The van der Waals surface area contributed by atoms with E-state index in [1.165, 1.54) is 12.1 Å². The first-order valence-corrected chi connectivity index (χ1v) is 11.9. The molecule has 1 N–H and O–H groups in total. The highest BCUT2D eigenvalue weighted by Crippen LogP contribution is 2.33. The Morgan fingerprint density at radius 2 is 2.03 bits per heavy atom. The second kappa shape index (κ2) is 9.25. The number of alkyl halides is 1. The van der Waals surface area contributed by atoms with Crippen LogP contribution in [0.5, 0.6) is 0 Å². The number of likely N-dealkylation sites (tertiary alicyclic amines) is 2. The number of dihydropyridines is 1. The third-order valence-electron chi connectivity index (χ3n) is 7.21. The maximum Gasteiger partial charge on any atom is 0.260 e. The van der Waals surface area contributed by atoms with Crippen molar-refractivity contribution in [2.45, 2.75) is 43.8 Å². The lowest BCUT2D eigenvalue weighted by molar-refractivity contribution is -0.146. The van der Waals surface area contributed by atoms with Crippen LogP contribution in [0.3, 0.4) is 0 Å². The SMILES string of the molecule is O=C(N1CCC(n2cnc3cc(F)ccc32)CC1)C1(F)CCCN(CC2=CC=CCN2)CC1. The van der Waals surface area contributed by atoms with Crippen molar-refractivity contribution >= 4 is 16.9 Å². The van der Waals surface area contributed by atoms with Crippen LogP contribution in [0.15, 0.2) is 48.5 Å². The summed E-state index contributed by atoms with van der Waals surface area (Å²) in [5.74, 6) is -0.648. The van der Waals surface area contributed by atoms with E-state index >= 15 is 4.39 Å². The van der Waals surface area contributed by atoms with Crippen LogP contribution in [0.4, 0.5) is 8.78 Å². The monoisotopic (exact) mass is 455 g/mol. The van der Waals surface area contributed by atoms with E-state index in [-0.39, 0.29) is 30.6 Å². The van der Waals surface area contributed by atoms with Crippen LogP contribution in [-0.2, 0) is 4.79 Å². The van der Waals surface area contributed by atoms with Gasteiger partial charge in [0, 0.05) is 56.9 Å². The van der Waals surface area contributed by atoms with Crippen LogP contribution in [0.2, 0.25) is 0 Å². The van der Waals surface area contributed by atoms with Crippen molar-refractivity contribution in [1.82, 2.24) is 24.7 Å². The van der Waals surface area contributed by atoms with Gasteiger partial charge in [-0.2, -0.15) is 0 Å². The number of halogens is 2. The van der Waals surface area contributed by atoms with E-state index in [1.54, 1.807) is 17.3 Å². The standard InChI is InChI=1S/C25H31F2N5O/c26-19-5-6-23-22(16-19)29-18-32(23)21-7-13-31(14-8-21)24(33)25(27)9-3-12-30(15-10-25)17-20-4-1-2-11-28-20/h1-2,4-6,16,18,21,28H,3,7-15,17H2. The molecule has 1 aromatic carbocycles. The molecule has 3 aliphatic rings. The molecule has 3 aliphatic heterocycles. The Morgan fingerprint density at radius 3 is 2.82 bits per heavy atom. The van der Waals surface area contributed by atoms with E-state index in [0.717, 1.165) is 43.7 Å². The molecule has 1 atom stereocenters. The van der Waals surface area contributed by atoms with Crippen LogP contribution < -0.4 is 5.32 Å². The van der Waals surface area contributed by atoms with E-state index in [0.29, 0.717) is 31.6 Å². The van der Waals surface area contributed by atoms with Crippen molar-refractivity contribution in [3.05, 3.63) is 54.3 Å². The summed E-state index contributed by atoms with van der Waals surface area (Å²) >= 11 is 0. The normalized spacial score (nSPS) is 25.0. The summed E-state index contributed by atoms with van der Waals surface area (Å²) in [5.41, 5.74) is 0.890. The Morgan fingerprint density at radius 1 is 1.18 bits per heavy atom. The molecule has 1 aromatic heterocycles. The molecule has 176 valence electrons. The summed E-state index contributed by atoms with van der Waals surface area (Å²) < 4.78 is 31.4. The molecular formula is C25H31F2N5O. The Bertz CT molecular complexity index is 1070. The van der Waals surface area contributed by atoms with E-state index in [4.69, 9.17) is 0 Å². The Kier molecular flexibility index (Phi) is 6.19. The second-order valence-corrected chi connectivity index (χ2v) is 9.40. The number of imidazole rings is 1. The fraction of sp³-hybridized carbons (Fsp3) is 0.520. The number of aromatic nitrogens is 2. The Balaban J connectivity index is 1.18. The summed E-state index contributed by atoms with van der Waals surface area (Å²) in [5, 5.41) is 3.35. The third-order valence-corrected chi connectivity index (χ3v) is 7.21. The van der Waals surface area contributed by atoms with Crippen molar-refractivity contribution in [2.24, 2.45) is 0 Å². The first-order chi connectivity index (χ1) is 16.0. The molecule has 0 aliphatic carbocycles. The summed E-state index contributed by atoms with van der Waals surface area (Å²) in [6.07, 6.45) is 10.6. The molecule has 0 bridgehead atoms. The van der Waals surface area contributed by atoms with Crippen LogP contribution in [0, 0.1) is 5.82 Å². The number of carbonyl (C=O) groups excluding carboxylic acids is 1. The summed E-state index contributed by atoms with van der Waals surface area (Å²) in [4.78, 5) is 21.5. The average Bonchev–Trinajstić information content (AvgIpc) is 3.16. The number of carbonyl (C=O) groups is 1. The van der Waals surface area contributed by atoms with Gasteiger partial charge in [-0.05, 0) is 50.4 Å². The van der Waals surface area contributed by atoms with Gasteiger partial charge >= 0.3 is 0 Å². The van der Waals surface area contributed by atoms with Crippen LogP contribution >= 0.6 is 0 Å². The zero-order chi connectivity index (χ0) is 22.8. The number of hydrogen-bond donors (Lipinski definition) is 1. The van der Waals surface area contributed by atoms with Gasteiger partial charge in [-0.3, -0.25) is 9.69 Å². The van der Waals surface area contributed by atoms with Gasteiger partial charge in [-0.15, -0.1) is 0 Å². The quantitative estimate of drug-likeness (QED) is 0.766. The smallest absolute Gasteiger partial charge is 0.260 e. The average molecular weight is 456 g/mol. The van der Waals surface area contributed by atoms with Gasteiger partial charge in [0.2, 0.25) is 0 Å². The van der Waals surface area contributed by atoms with Crippen molar-refractivity contribution in [3.8, 4) is 0 Å². The zero-order valence-electron chi connectivity index (χ0n) is 18.9.